The zero-order chi connectivity index (χ0) is 18.4. The Balaban J connectivity index is 2.24. The van der Waals surface area contributed by atoms with Gasteiger partial charge in [-0.3, -0.25) is 0 Å². The summed E-state index contributed by atoms with van der Waals surface area (Å²) >= 11 is 0. The standard InChI is InChI=1S/C17H18FNO5S/c1-23-16-6-4-3-5-14(16)11-19(25(21)22)10-13-8-7-12(9-15(13)18)17(20)24-2/h3-9,25H,10-11H2,1-2H3. The molecule has 0 aliphatic carbocycles. The molecule has 0 aliphatic heterocycles. The van der Waals surface area contributed by atoms with Gasteiger partial charge in [0.15, 0.2) is 0 Å². The number of carbonyl (C=O) groups is 1. The Kier molecular flexibility index (Phi) is 6.49. The van der Waals surface area contributed by atoms with Gasteiger partial charge in [0.25, 0.3) is 0 Å². The predicted molar refractivity (Wildman–Crippen MR) is 90.3 cm³/mol. The number of carbonyl (C=O) groups excluding carboxylic acids is 1. The number of methoxy groups -OCH3 is 2. The molecule has 2 aromatic carbocycles. The van der Waals surface area contributed by atoms with E-state index in [-0.39, 0.29) is 24.2 Å². The number of rotatable bonds is 7. The number of thiol groups is 1. The van der Waals surface area contributed by atoms with E-state index in [2.05, 4.69) is 4.74 Å². The topological polar surface area (TPSA) is 72.9 Å². The molecule has 0 aromatic heterocycles. The number of benzene rings is 2. The Hall–Kier alpha value is -2.45. The summed E-state index contributed by atoms with van der Waals surface area (Å²) in [6, 6.07) is 10.8. The molecule has 0 saturated heterocycles. The quantitative estimate of drug-likeness (QED) is 0.600. The summed E-state index contributed by atoms with van der Waals surface area (Å²) in [6.07, 6.45) is 0. The fraction of sp³-hybridized carbons (Fsp3) is 0.235. The van der Waals surface area contributed by atoms with Gasteiger partial charge < -0.3 is 9.47 Å². The summed E-state index contributed by atoms with van der Waals surface area (Å²) in [7, 11) is -0.253. The molecular weight excluding hydrogens is 349 g/mol. The highest BCUT2D eigenvalue weighted by molar-refractivity contribution is 7.69. The number of para-hydroxylation sites is 1. The van der Waals surface area contributed by atoms with Gasteiger partial charge in [-0.15, -0.1) is 0 Å². The summed E-state index contributed by atoms with van der Waals surface area (Å²) in [5, 5.41) is 0. The SMILES string of the molecule is COC(=O)c1ccc(CN(Cc2ccccc2OC)[SH](=O)=O)c(F)c1. The summed E-state index contributed by atoms with van der Waals surface area (Å²) < 4.78 is 48.2. The molecule has 0 amide bonds. The average Bonchev–Trinajstić information content (AvgIpc) is 2.62. The van der Waals surface area contributed by atoms with E-state index in [0.717, 1.165) is 10.4 Å². The van der Waals surface area contributed by atoms with Gasteiger partial charge >= 0.3 is 5.97 Å². The summed E-state index contributed by atoms with van der Waals surface area (Å²) in [6.45, 7) is -0.120. The molecule has 8 heteroatoms. The number of ether oxygens (including phenoxy) is 2. The number of hydrogen-bond donors (Lipinski definition) is 1. The van der Waals surface area contributed by atoms with Gasteiger partial charge in [-0.25, -0.2) is 17.6 Å². The summed E-state index contributed by atoms with van der Waals surface area (Å²) in [5.41, 5.74) is 0.879. The summed E-state index contributed by atoms with van der Waals surface area (Å²) in [4.78, 5) is 11.4. The van der Waals surface area contributed by atoms with Crippen LogP contribution in [-0.2, 0) is 28.7 Å². The second-order valence-electron chi connectivity index (χ2n) is 5.17. The molecule has 0 saturated carbocycles. The monoisotopic (exact) mass is 367 g/mol. The predicted octanol–water partition coefficient (Wildman–Crippen LogP) is 2.15. The Morgan fingerprint density at radius 1 is 1.08 bits per heavy atom. The zero-order valence-corrected chi connectivity index (χ0v) is 14.7. The normalized spacial score (nSPS) is 10.9. The number of nitrogens with zero attached hydrogens (tertiary/aromatic N) is 1. The first-order valence-electron chi connectivity index (χ1n) is 7.34. The Morgan fingerprint density at radius 3 is 2.36 bits per heavy atom. The summed E-state index contributed by atoms with van der Waals surface area (Å²) in [5.74, 6) is -0.790. The van der Waals surface area contributed by atoms with Crippen LogP contribution in [0.3, 0.4) is 0 Å². The molecule has 0 radical (unpaired) electrons. The lowest BCUT2D eigenvalue weighted by molar-refractivity contribution is 0.0600. The molecule has 0 aliphatic rings. The van der Waals surface area contributed by atoms with Crippen LogP contribution in [0.2, 0.25) is 0 Å². The van der Waals surface area contributed by atoms with Crippen molar-refractivity contribution < 1.29 is 27.1 Å². The smallest absolute Gasteiger partial charge is 0.337 e. The minimum absolute atomic E-state index is 0.0426. The highest BCUT2D eigenvalue weighted by Crippen LogP contribution is 2.21. The maximum atomic E-state index is 14.2. The molecule has 0 fully saturated rings. The fourth-order valence-corrected chi connectivity index (χ4v) is 2.85. The first kappa shape index (κ1) is 18.9. The van der Waals surface area contributed by atoms with Gasteiger partial charge in [-0.2, -0.15) is 4.31 Å². The maximum absolute atomic E-state index is 14.2. The van der Waals surface area contributed by atoms with Crippen molar-refractivity contribution in [3.63, 3.8) is 0 Å². The second kappa shape index (κ2) is 8.59. The fourth-order valence-electron chi connectivity index (χ4n) is 2.32. The van der Waals surface area contributed by atoms with E-state index in [9.17, 15) is 17.6 Å². The van der Waals surface area contributed by atoms with E-state index >= 15 is 0 Å². The van der Waals surface area contributed by atoms with Gasteiger partial charge in [0.05, 0.1) is 19.8 Å². The van der Waals surface area contributed by atoms with E-state index in [0.29, 0.717) is 11.3 Å². The minimum Gasteiger partial charge on any atom is -0.496 e. The van der Waals surface area contributed by atoms with Crippen LogP contribution in [0.4, 0.5) is 4.39 Å². The highest BCUT2D eigenvalue weighted by atomic mass is 32.2. The van der Waals surface area contributed by atoms with E-state index in [1.54, 1.807) is 24.3 Å². The minimum atomic E-state index is -2.94. The van der Waals surface area contributed by atoms with Crippen molar-refractivity contribution in [2.75, 3.05) is 14.2 Å². The van der Waals surface area contributed by atoms with Gasteiger partial charge in [-0.05, 0) is 18.2 Å². The zero-order valence-electron chi connectivity index (χ0n) is 13.8. The van der Waals surface area contributed by atoms with Crippen molar-refractivity contribution in [2.45, 2.75) is 13.1 Å². The number of hydrogen-bond acceptors (Lipinski definition) is 5. The van der Waals surface area contributed by atoms with Crippen LogP contribution in [-0.4, -0.2) is 32.9 Å². The Morgan fingerprint density at radius 2 is 1.76 bits per heavy atom. The lowest BCUT2D eigenvalue weighted by Gasteiger charge is -2.17. The third-order valence-corrected chi connectivity index (χ3v) is 4.35. The lowest BCUT2D eigenvalue weighted by Crippen LogP contribution is -2.22. The first-order chi connectivity index (χ1) is 12.0. The largest absolute Gasteiger partial charge is 0.496 e. The molecule has 0 N–H and O–H groups in total. The van der Waals surface area contributed by atoms with Crippen molar-refractivity contribution in [3.8, 4) is 5.75 Å². The third-order valence-electron chi connectivity index (χ3n) is 3.60. The van der Waals surface area contributed by atoms with Crippen molar-refractivity contribution in [1.82, 2.24) is 4.31 Å². The van der Waals surface area contributed by atoms with Crippen LogP contribution in [0.15, 0.2) is 42.5 Å². The molecule has 25 heavy (non-hydrogen) atoms. The van der Waals surface area contributed by atoms with Crippen LogP contribution in [0, 0.1) is 5.82 Å². The Labute approximate surface area is 146 Å². The van der Waals surface area contributed by atoms with E-state index < -0.39 is 22.7 Å². The number of esters is 1. The second-order valence-corrected chi connectivity index (χ2v) is 6.21. The highest BCUT2D eigenvalue weighted by Gasteiger charge is 2.16. The van der Waals surface area contributed by atoms with E-state index in [1.807, 2.05) is 0 Å². The lowest BCUT2D eigenvalue weighted by atomic mass is 10.1. The van der Waals surface area contributed by atoms with Crippen molar-refractivity contribution in [3.05, 3.63) is 65.0 Å². The molecule has 0 spiro atoms. The van der Waals surface area contributed by atoms with E-state index in [1.165, 1.54) is 26.4 Å². The van der Waals surface area contributed by atoms with Gasteiger partial charge in [0, 0.05) is 24.2 Å². The molecule has 0 atom stereocenters. The van der Waals surface area contributed by atoms with Crippen molar-refractivity contribution in [2.24, 2.45) is 0 Å². The van der Waals surface area contributed by atoms with Crippen LogP contribution in [0.5, 0.6) is 5.75 Å². The molecule has 134 valence electrons. The molecule has 0 heterocycles. The van der Waals surface area contributed by atoms with Crippen LogP contribution < -0.4 is 4.74 Å². The van der Waals surface area contributed by atoms with Crippen LogP contribution in [0.1, 0.15) is 21.5 Å². The Bertz CT molecular complexity index is 830. The van der Waals surface area contributed by atoms with Crippen molar-refractivity contribution >= 4 is 16.9 Å². The third kappa shape index (κ3) is 4.77. The van der Waals surface area contributed by atoms with Crippen LogP contribution >= 0.6 is 0 Å². The van der Waals surface area contributed by atoms with Crippen molar-refractivity contribution in [1.29, 1.82) is 0 Å². The van der Waals surface area contributed by atoms with Gasteiger partial charge in [0.2, 0.25) is 10.9 Å². The average molecular weight is 367 g/mol. The maximum Gasteiger partial charge on any atom is 0.337 e. The molecule has 0 unspecified atom stereocenters. The molecule has 2 aromatic rings. The van der Waals surface area contributed by atoms with Gasteiger partial charge in [-0.1, -0.05) is 24.3 Å². The molecule has 6 nitrogen and oxygen atoms in total. The molecule has 2 rings (SSSR count). The first-order valence-corrected chi connectivity index (χ1v) is 8.47. The van der Waals surface area contributed by atoms with E-state index in [4.69, 9.17) is 4.74 Å². The molecule has 0 bridgehead atoms. The molecular formula is C17H18FNO5S. The van der Waals surface area contributed by atoms with Gasteiger partial charge in [0.1, 0.15) is 11.6 Å². The van der Waals surface area contributed by atoms with Crippen LogP contribution in [0.25, 0.3) is 0 Å². The number of halogens is 1.